The molecule has 0 radical (unpaired) electrons. The monoisotopic (exact) mass is 244 g/mol. The Morgan fingerprint density at radius 1 is 0.941 bits per heavy atom. The van der Waals surface area contributed by atoms with E-state index in [1.54, 1.807) is 0 Å². The molecule has 0 heterocycles. The first-order valence-electron chi connectivity index (χ1n) is 4.03. The number of hydrogen-bond acceptors (Lipinski definition) is 4. The maximum absolute atomic E-state index is 13.3. The van der Waals surface area contributed by atoms with Gasteiger partial charge < -0.3 is 11.5 Å². The van der Waals surface area contributed by atoms with Crippen molar-refractivity contribution in [3.05, 3.63) is 22.5 Å². The molecule has 0 aliphatic heterocycles. The van der Waals surface area contributed by atoms with Crippen LogP contribution in [0.2, 0.25) is 0 Å². The molecule has 1 rings (SSSR count). The van der Waals surface area contributed by atoms with Gasteiger partial charge in [0.2, 0.25) is 0 Å². The summed E-state index contributed by atoms with van der Waals surface area (Å²) in [4.78, 5) is 0. The summed E-state index contributed by atoms with van der Waals surface area (Å²) in [7, 11) is 0. The number of benzene rings is 1. The highest BCUT2D eigenvalue weighted by Crippen LogP contribution is 2.40. The van der Waals surface area contributed by atoms with Gasteiger partial charge in [0.15, 0.2) is 5.82 Å². The molecule has 0 fully saturated rings. The Kier molecular flexibility index (Phi) is 2.84. The number of alkyl halides is 3. The van der Waals surface area contributed by atoms with Gasteiger partial charge >= 0.3 is 6.18 Å². The molecule has 0 amide bonds. The van der Waals surface area contributed by atoms with E-state index in [2.05, 4.69) is 0 Å². The minimum absolute atomic E-state index is 0.866. The van der Waals surface area contributed by atoms with Gasteiger partial charge in [-0.25, -0.2) is 4.39 Å². The molecule has 0 saturated heterocycles. The van der Waals surface area contributed by atoms with E-state index in [1.807, 2.05) is 0 Å². The summed E-state index contributed by atoms with van der Waals surface area (Å²) in [5, 5.41) is 17.2. The fourth-order valence-corrected chi connectivity index (χ4v) is 1.28. The molecule has 0 aromatic heterocycles. The highest BCUT2D eigenvalue weighted by Gasteiger charge is 2.39. The van der Waals surface area contributed by atoms with Crippen LogP contribution in [0.15, 0.2) is 0 Å². The largest absolute Gasteiger partial charge is 0.419 e. The van der Waals surface area contributed by atoms with Crippen LogP contribution in [0.5, 0.6) is 0 Å². The van der Waals surface area contributed by atoms with Gasteiger partial charge in [-0.15, -0.1) is 0 Å². The number of nitriles is 2. The van der Waals surface area contributed by atoms with E-state index in [4.69, 9.17) is 22.0 Å². The predicted molar refractivity (Wildman–Crippen MR) is 49.7 cm³/mol. The van der Waals surface area contributed by atoms with Gasteiger partial charge in [-0.2, -0.15) is 23.7 Å². The lowest BCUT2D eigenvalue weighted by Gasteiger charge is -2.15. The Labute approximate surface area is 92.7 Å². The number of anilines is 2. The lowest BCUT2D eigenvalue weighted by molar-refractivity contribution is -0.137. The van der Waals surface area contributed by atoms with Gasteiger partial charge in [-0.05, 0) is 0 Å². The highest BCUT2D eigenvalue weighted by molar-refractivity contribution is 5.74. The van der Waals surface area contributed by atoms with Crippen LogP contribution >= 0.6 is 0 Å². The zero-order chi connectivity index (χ0) is 13.4. The van der Waals surface area contributed by atoms with Crippen molar-refractivity contribution in [1.82, 2.24) is 0 Å². The van der Waals surface area contributed by atoms with Crippen molar-refractivity contribution in [2.45, 2.75) is 6.18 Å². The Morgan fingerprint density at radius 2 is 1.41 bits per heavy atom. The third kappa shape index (κ3) is 1.81. The Hall–Kier alpha value is -2.48. The maximum atomic E-state index is 13.3. The van der Waals surface area contributed by atoms with Crippen LogP contribution in [0.4, 0.5) is 28.9 Å². The first-order chi connectivity index (χ1) is 7.75. The van der Waals surface area contributed by atoms with Gasteiger partial charge in [0.1, 0.15) is 17.7 Å². The van der Waals surface area contributed by atoms with Gasteiger partial charge in [0, 0.05) is 0 Å². The van der Waals surface area contributed by atoms with Crippen LogP contribution in [-0.4, -0.2) is 0 Å². The molecule has 0 bridgehead atoms. The quantitative estimate of drug-likeness (QED) is 0.536. The van der Waals surface area contributed by atoms with Crippen LogP contribution in [-0.2, 0) is 6.18 Å². The lowest BCUT2D eigenvalue weighted by atomic mass is 9.98. The van der Waals surface area contributed by atoms with Gasteiger partial charge in [-0.3, -0.25) is 0 Å². The summed E-state index contributed by atoms with van der Waals surface area (Å²) in [6.07, 6.45) is -5.05. The standard InChI is InChI=1S/C9H4F4N4/c10-6-7(16)4(2-15)3(1-14)5(8(6)17)9(11,12)13/h16-17H2. The minimum atomic E-state index is -5.05. The van der Waals surface area contributed by atoms with E-state index in [0.717, 1.165) is 6.07 Å². The van der Waals surface area contributed by atoms with E-state index in [9.17, 15) is 17.6 Å². The summed E-state index contributed by atoms with van der Waals surface area (Å²) in [5.74, 6) is -1.55. The molecule has 4 N–H and O–H groups in total. The third-order valence-electron chi connectivity index (χ3n) is 2.02. The topological polar surface area (TPSA) is 99.6 Å². The van der Waals surface area contributed by atoms with Crippen molar-refractivity contribution in [1.29, 1.82) is 10.5 Å². The van der Waals surface area contributed by atoms with Crippen LogP contribution in [0, 0.1) is 28.5 Å². The van der Waals surface area contributed by atoms with Crippen molar-refractivity contribution in [2.75, 3.05) is 11.5 Å². The summed E-state index contributed by atoms with van der Waals surface area (Å²) in [6, 6.07) is 2.41. The van der Waals surface area contributed by atoms with E-state index >= 15 is 0 Å². The Balaban J connectivity index is 3.92. The number of hydrogen-bond donors (Lipinski definition) is 2. The summed E-state index contributed by atoms with van der Waals surface area (Å²) in [5.41, 5.74) is 4.25. The molecule has 0 saturated carbocycles. The highest BCUT2D eigenvalue weighted by atomic mass is 19.4. The zero-order valence-electron chi connectivity index (χ0n) is 8.06. The van der Waals surface area contributed by atoms with E-state index in [-0.39, 0.29) is 0 Å². The molecule has 0 aliphatic rings. The van der Waals surface area contributed by atoms with Crippen molar-refractivity contribution >= 4 is 11.4 Å². The fraction of sp³-hybridized carbons (Fsp3) is 0.111. The Morgan fingerprint density at radius 3 is 1.76 bits per heavy atom. The average Bonchev–Trinajstić information content (AvgIpc) is 2.23. The predicted octanol–water partition coefficient (Wildman–Crippen LogP) is 1.75. The molecule has 17 heavy (non-hydrogen) atoms. The van der Waals surface area contributed by atoms with E-state index in [1.165, 1.54) is 6.07 Å². The summed E-state index contributed by atoms with van der Waals surface area (Å²) < 4.78 is 51.0. The van der Waals surface area contributed by atoms with Gasteiger partial charge in [0.25, 0.3) is 0 Å². The first kappa shape index (κ1) is 12.6. The molecule has 0 unspecified atom stereocenters. The van der Waals surface area contributed by atoms with Crippen LogP contribution in [0.1, 0.15) is 16.7 Å². The third-order valence-corrected chi connectivity index (χ3v) is 2.02. The van der Waals surface area contributed by atoms with Crippen LogP contribution in [0.3, 0.4) is 0 Å². The molecule has 0 spiro atoms. The smallest absolute Gasteiger partial charge is 0.396 e. The molecule has 1 aromatic carbocycles. The molecule has 8 heteroatoms. The van der Waals surface area contributed by atoms with Crippen molar-refractivity contribution in [3.63, 3.8) is 0 Å². The number of nitrogen functional groups attached to an aromatic ring is 2. The minimum Gasteiger partial charge on any atom is -0.396 e. The van der Waals surface area contributed by atoms with Crippen LogP contribution in [0.25, 0.3) is 0 Å². The summed E-state index contributed by atoms with van der Waals surface area (Å²) >= 11 is 0. The molecule has 0 atom stereocenters. The average molecular weight is 244 g/mol. The van der Waals surface area contributed by atoms with E-state index < -0.39 is 40.1 Å². The molecule has 88 valence electrons. The SMILES string of the molecule is N#Cc1c(N)c(F)c(N)c(C(F)(F)F)c1C#N. The van der Waals surface area contributed by atoms with Crippen molar-refractivity contribution < 1.29 is 17.6 Å². The second-order valence-electron chi connectivity index (χ2n) is 2.99. The molecule has 0 aliphatic carbocycles. The Bertz CT molecular complexity index is 563. The number of nitrogens with zero attached hydrogens (tertiary/aromatic N) is 2. The molecule has 4 nitrogen and oxygen atoms in total. The molecule has 1 aromatic rings. The molecular weight excluding hydrogens is 240 g/mol. The number of halogens is 4. The van der Waals surface area contributed by atoms with Gasteiger partial charge in [-0.1, -0.05) is 0 Å². The second kappa shape index (κ2) is 3.83. The fourth-order valence-electron chi connectivity index (χ4n) is 1.28. The van der Waals surface area contributed by atoms with Crippen molar-refractivity contribution in [3.8, 4) is 12.1 Å². The van der Waals surface area contributed by atoms with Crippen molar-refractivity contribution in [2.24, 2.45) is 0 Å². The number of nitrogens with two attached hydrogens (primary N) is 2. The molecular formula is C9H4F4N4. The first-order valence-corrected chi connectivity index (χ1v) is 4.03. The van der Waals surface area contributed by atoms with Gasteiger partial charge in [0.05, 0.1) is 22.5 Å². The second-order valence-corrected chi connectivity index (χ2v) is 2.99. The zero-order valence-corrected chi connectivity index (χ0v) is 8.06. The summed E-state index contributed by atoms with van der Waals surface area (Å²) in [6.45, 7) is 0. The number of rotatable bonds is 0. The maximum Gasteiger partial charge on any atom is 0.419 e. The normalized spacial score (nSPS) is 10.7. The van der Waals surface area contributed by atoms with E-state index in [0.29, 0.717) is 0 Å². The van der Waals surface area contributed by atoms with Crippen LogP contribution < -0.4 is 11.5 Å². The lowest BCUT2D eigenvalue weighted by Crippen LogP contribution is -2.16.